The average molecular weight is 492 g/mol. The molecule has 11 heteroatoms. The van der Waals surface area contributed by atoms with Crippen LogP contribution in [0.1, 0.15) is 38.4 Å². The Morgan fingerprint density at radius 1 is 1.32 bits per heavy atom. The molecule has 2 aliphatic heterocycles. The molecule has 3 heterocycles. The molecule has 2 aliphatic rings. The highest BCUT2D eigenvalue weighted by atomic mass is 32.3. The highest BCUT2D eigenvalue weighted by Gasteiger charge is 2.59. The fraction of sp³-hybridized carbons (Fsp3) is 0.435. The van der Waals surface area contributed by atoms with Crippen molar-refractivity contribution in [3.8, 4) is 5.75 Å². The second-order valence-corrected chi connectivity index (χ2v) is 12.6. The first kappa shape index (κ1) is 24.1. The largest absolute Gasteiger partial charge is 0.495 e. The molecule has 0 bridgehead atoms. The minimum absolute atomic E-state index is 0.0664. The standard InChI is InChI=1S/C23H30FN5O4S/c1-22(2)20(28-21(30)31)29-23(3,19-9-10-27-34(19,22)32)17-11-14(6-8-18(17)24)25-12-15-5-7-16(33-4)13-26-15/h5-8,11,13,19,25,34H,9-10,12H2,1-4H3,(H,27,32)(H,28,29)(H,30,31)/t19-,23+/m0/s1. The summed E-state index contributed by atoms with van der Waals surface area (Å²) in [6.07, 6.45) is 0.851. The molecule has 0 saturated carbocycles. The van der Waals surface area contributed by atoms with Crippen molar-refractivity contribution < 1.29 is 23.2 Å². The molecule has 4 N–H and O–H groups in total. The quantitative estimate of drug-likeness (QED) is 0.410. The molecule has 1 aromatic heterocycles. The van der Waals surface area contributed by atoms with E-state index in [1.165, 1.54) is 6.07 Å². The summed E-state index contributed by atoms with van der Waals surface area (Å²) in [6.45, 7) is 6.04. The maximum atomic E-state index is 15.2. The Balaban J connectivity index is 1.72. The minimum Gasteiger partial charge on any atom is -0.495 e. The van der Waals surface area contributed by atoms with Gasteiger partial charge in [-0.1, -0.05) is 0 Å². The Kier molecular flexibility index (Phi) is 6.11. The van der Waals surface area contributed by atoms with Crippen LogP contribution in [0.3, 0.4) is 0 Å². The molecule has 1 fully saturated rings. The van der Waals surface area contributed by atoms with E-state index in [1.807, 2.05) is 6.07 Å². The van der Waals surface area contributed by atoms with Crippen molar-refractivity contribution in [3.05, 3.63) is 53.6 Å². The number of ether oxygens (including phenoxy) is 1. The zero-order chi connectivity index (χ0) is 24.7. The number of pyridine rings is 1. The highest BCUT2D eigenvalue weighted by molar-refractivity contribution is 8.04. The molecular formula is C23H30FN5O4S. The smallest absolute Gasteiger partial charge is 0.410 e. The number of hydrogen-bond donors (Lipinski definition) is 5. The van der Waals surface area contributed by atoms with E-state index in [0.29, 0.717) is 30.9 Å². The summed E-state index contributed by atoms with van der Waals surface area (Å²) in [5, 5.41) is 14.5. The topological polar surface area (TPSA) is 125 Å². The number of carbonyl (C=O) groups is 1. The van der Waals surface area contributed by atoms with Crippen LogP contribution in [0.25, 0.3) is 0 Å². The van der Waals surface area contributed by atoms with Crippen molar-refractivity contribution in [2.75, 3.05) is 19.0 Å². The number of aliphatic imine (C=N–C) groups is 1. The van der Waals surface area contributed by atoms with Crippen LogP contribution in [0.15, 0.2) is 41.5 Å². The Bertz CT molecular complexity index is 1190. The number of amides is 1. The van der Waals surface area contributed by atoms with Gasteiger partial charge in [-0.15, -0.1) is 0 Å². The molecule has 0 radical (unpaired) electrons. The first-order valence-corrected chi connectivity index (χ1v) is 12.8. The van der Waals surface area contributed by atoms with Gasteiger partial charge in [0.25, 0.3) is 0 Å². The molecule has 2 aromatic rings. The van der Waals surface area contributed by atoms with Gasteiger partial charge in [-0.3, -0.25) is 24.2 Å². The molecule has 0 spiro atoms. The van der Waals surface area contributed by atoms with E-state index >= 15 is 4.39 Å². The molecule has 1 amide bonds. The SMILES string of the molecule is COc1ccc(CNc2ccc(F)c([C@@]3(C)N=C(NC(=O)O)C(C)(C)[SH]4(=O)NCC[C@@H]34)c2)nc1. The van der Waals surface area contributed by atoms with Gasteiger partial charge >= 0.3 is 6.09 Å². The number of fused-ring (bicyclic) bond motifs is 1. The number of halogens is 1. The van der Waals surface area contributed by atoms with Crippen LogP contribution >= 0.6 is 0 Å². The monoisotopic (exact) mass is 491 g/mol. The number of aromatic nitrogens is 1. The molecular weight excluding hydrogens is 461 g/mol. The third-order valence-electron chi connectivity index (χ3n) is 6.85. The van der Waals surface area contributed by atoms with E-state index in [0.717, 1.165) is 5.69 Å². The second kappa shape index (κ2) is 8.62. The van der Waals surface area contributed by atoms with Crippen LogP contribution < -0.4 is 20.1 Å². The van der Waals surface area contributed by atoms with Crippen LogP contribution in [-0.4, -0.2) is 49.9 Å². The van der Waals surface area contributed by atoms with Gasteiger partial charge in [0, 0.05) is 17.8 Å². The van der Waals surface area contributed by atoms with Crippen LogP contribution in [0.4, 0.5) is 14.9 Å². The van der Waals surface area contributed by atoms with Crippen molar-refractivity contribution >= 4 is 27.7 Å². The van der Waals surface area contributed by atoms with Crippen molar-refractivity contribution in [1.29, 1.82) is 0 Å². The van der Waals surface area contributed by atoms with E-state index in [1.54, 1.807) is 52.3 Å². The molecule has 1 saturated heterocycles. The van der Waals surface area contributed by atoms with Gasteiger partial charge in [-0.25, -0.2) is 9.18 Å². The average Bonchev–Trinajstić information content (AvgIpc) is 3.22. The number of nitrogens with one attached hydrogen (secondary N) is 3. The van der Waals surface area contributed by atoms with Crippen molar-refractivity contribution in [3.63, 3.8) is 0 Å². The molecule has 1 aromatic carbocycles. The third-order valence-corrected chi connectivity index (χ3v) is 11.1. The van der Waals surface area contributed by atoms with Gasteiger partial charge in [0.1, 0.15) is 22.9 Å². The molecule has 4 rings (SSSR count). The zero-order valence-electron chi connectivity index (χ0n) is 19.6. The van der Waals surface area contributed by atoms with Crippen LogP contribution in [-0.2, 0) is 22.2 Å². The predicted octanol–water partition coefficient (Wildman–Crippen LogP) is 2.81. The van der Waals surface area contributed by atoms with E-state index in [9.17, 15) is 14.1 Å². The summed E-state index contributed by atoms with van der Waals surface area (Å²) in [6, 6.07) is 8.25. The lowest BCUT2D eigenvalue weighted by atomic mass is 9.85. The Morgan fingerprint density at radius 2 is 2.09 bits per heavy atom. The van der Waals surface area contributed by atoms with E-state index in [-0.39, 0.29) is 11.4 Å². The predicted molar refractivity (Wildman–Crippen MR) is 130 cm³/mol. The van der Waals surface area contributed by atoms with Crippen molar-refractivity contribution in [2.45, 2.75) is 49.3 Å². The summed E-state index contributed by atoms with van der Waals surface area (Å²) in [4.78, 5) is 20.5. The number of anilines is 1. The number of thiol groups is 1. The van der Waals surface area contributed by atoms with Crippen molar-refractivity contribution in [1.82, 2.24) is 15.0 Å². The Labute approximate surface area is 198 Å². The number of benzene rings is 1. The molecule has 0 unspecified atom stereocenters. The number of methoxy groups -OCH3 is 1. The Hall–Kier alpha value is -3.05. The fourth-order valence-corrected chi connectivity index (χ4v) is 8.53. The maximum Gasteiger partial charge on any atom is 0.410 e. The molecule has 0 aliphatic carbocycles. The lowest BCUT2D eigenvalue weighted by molar-refractivity contribution is 0.199. The molecule has 184 valence electrons. The summed E-state index contributed by atoms with van der Waals surface area (Å²) in [5.41, 5.74) is 0.442. The Morgan fingerprint density at radius 3 is 2.74 bits per heavy atom. The van der Waals surface area contributed by atoms with Gasteiger partial charge in [0.05, 0.1) is 35.5 Å². The fourth-order valence-electron chi connectivity index (χ4n) is 4.86. The van der Waals surface area contributed by atoms with E-state index in [4.69, 9.17) is 9.73 Å². The second-order valence-electron chi connectivity index (χ2n) is 9.21. The number of rotatable bonds is 5. The third kappa shape index (κ3) is 3.92. The number of amidine groups is 1. The van der Waals surface area contributed by atoms with Crippen LogP contribution in [0, 0.1) is 5.82 Å². The summed E-state index contributed by atoms with van der Waals surface area (Å²) in [5.74, 6) is 0.225. The lowest BCUT2D eigenvalue weighted by Crippen LogP contribution is -2.65. The number of nitrogens with zero attached hydrogens (tertiary/aromatic N) is 2. The van der Waals surface area contributed by atoms with Gasteiger partial charge in [0.2, 0.25) is 0 Å². The normalized spacial score (nSPS) is 25.6. The van der Waals surface area contributed by atoms with Crippen LogP contribution in [0.5, 0.6) is 5.75 Å². The van der Waals surface area contributed by atoms with Crippen LogP contribution in [0.2, 0.25) is 0 Å². The van der Waals surface area contributed by atoms with E-state index < -0.39 is 37.6 Å². The summed E-state index contributed by atoms with van der Waals surface area (Å²) >= 11 is 0. The van der Waals surface area contributed by atoms with Gasteiger partial charge in [-0.05, 0) is 67.6 Å². The first-order chi connectivity index (χ1) is 16.0. The van der Waals surface area contributed by atoms with Gasteiger partial charge in [-0.2, -0.15) is 0 Å². The maximum absolute atomic E-state index is 15.2. The summed E-state index contributed by atoms with van der Waals surface area (Å²) < 4.78 is 36.7. The number of carboxylic acid groups (broad SMARTS) is 1. The molecule has 2 atom stereocenters. The number of hydrogen-bond acceptors (Lipinski definition) is 6. The van der Waals surface area contributed by atoms with Crippen molar-refractivity contribution in [2.24, 2.45) is 4.99 Å². The highest BCUT2D eigenvalue weighted by Crippen LogP contribution is 2.49. The van der Waals surface area contributed by atoms with Gasteiger partial charge < -0.3 is 15.2 Å². The summed E-state index contributed by atoms with van der Waals surface area (Å²) in [7, 11) is -1.63. The molecule has 9 nitrogen and oxygen atoms in total. The lowest BCUT2D eigenvalue weighted by Gasteiger charge is -2.51. The zero-order valence-corrected chi connectivity index (χ0v) is 20.4. The van der Waals surface area contributed by atoms with Gasteiger partial charge in [0.15, 0.2) is 0 Å². The molecule has 34 heavy (non-hydrogen) atoms. The first-order valence-electron chi connectivity index (χ1n) is 11.0. The van der Waals surface area contributed by atoms with E-state index in [2.05, 4.69) is 20.3 Å². The minimum atomic E-state index is -3.20.